The van der Waals surface area contributed by atoms with Gasteiger partial charge in [-0.25, -0.2) is 0 Å². The number of Topliss-reactive ketones (excluding diaryl/α,β-unsaturated/α-hetero) is 1. The van der Waals surface area contributed by atoms with E-state index in [9.17, 15) is 4.79 Å². The van der Waals surface area contributed by atoms with Crippen molar-refractivity contribution in [1.82, 2.24) is 4.90 Å². The van der Waals surface area contributed by atoms with E-state index < -0.39 is 0 Å². The minimum absolute atomic E-state index is 0. The van der Waals surface area contributed by atoms with Gasteiger partial charge < -0.3 is 5.73 Å². The summed E-state index contributed by atoms with van der Waals surface area (Å²) in [5.74, 6) is 0.0915. The van der Waals surface area contributed by atoms with E-state index in [1.54, 1.807) is 13.0 Å². The Labute approximate surface area is 122 Å². The molecule has 108 valence electrons. The molecule has 0 atom stereocenters. The number of ketones is 1. The molecule has 2 N–H and O–H groups in total. The summed E-state index contributed by atoms with van der Waals surface area (Å²) in [5.41, 5.74) is 8.57. The molecule has 4 heteroatoms. The second kappa shape index (κ2) is 8.94. The molecular weight excluding hydrogens is 260 g/mol. The third kappa shape index (κ3) is 5.62. The summed E-state index contributed by atoms with van der Waals surface area (Å²) < 4.78 is 0. The summed E-state index contributed by atoms with van der Waals surface area (Å²) in [6, 6.07) is 5.56. The van der Waals surface area contributed by atoms with E-state index in [2.05, 4.69) is 18.7 Å². The van der Waals surface area contributed by atoms with Gasteiger partial charge in [-0.2, -0.15) is 0 Å². The lowest BCUT2D eigenvalue weighted by Gasteiger charge is -2.22. The van der Waals surface area contributed by atoms with E-state index in [1.807, 2.05) is 12.1 Å². The molecule has 1 aromatic carbocycles. The van der Waals surface area contributed by atoms with Gasteiger partial charge in [0.2, 0.25) is 0 Å². The Kier molecular flexibility index (Phi) is 8.44. The zero-order valence-electron chi connectivity index (χ0n) is 12.1. The SMILES string of the molecule is CCCN(CCC)Cc1cc(C(C)=O)ccc1N.Cl. The van der Waals surface area contributed by atoms with Gasteiger partial charge in [0, 0.05) is 17.8 Å². The predicted molar refractivity (Wildman–Crippen MR) is 84.0 cm³/mol. The summed E-state index contributed by atoms with van der Waals surface area (Å²) in [6.45, 7) is 8.91. The lowest BCUT2D eigenvalue weighted by Crippen LogP contribution is -2.25. The van der Waals surface area contributed by atoms with Crippen LogP contribution in [-0.2, 0) is 6.54 Å². The molecule has 1 aromatic rings. The Morgan fingerprint density at radius 1 is 1.21 bits per heavy atom. The largest absolute Gasteiger partial charge is 0.398 e. The maximum Gasteiger partial charge on any atom is 0.159 e. The number of nitrogens with zero attached hydrogens (tertiary/aromatic N) is 1. The van der Waals surface area contributed by atoms with Crippen molar-refractivity contribution in [3.05, 3.63) is 29.3 Å². The smallest absolute Gasteiger partial charge is 0.159 e. The maximum absolute atomic E-state index is 11.4. The van der Waals surface area contributed by atoms with Crippen LogP contribution in [0.4, 0.5) is 5.69 Å². The molecule has 1 rings (SSSR count). The molecule has 3 nitrogen and oxygen atoms in total. The Morgan fingerprint density at radius 3 is 2.26 bits per heavy atom. The van der Waals surface area contributed by atoms with Crippen LogP contribution in [0.5, 0.6) is 0 Å². The summed E-state index contributed by atoms with van der Waals surface area (Å²) in [4.78, 5) is 13.8. The summed E-state index contributed by atoms with van der Waals surface area (Å²) in [7, 11) is 0. The number of hydrogen-bond acceptors (Lipinski definition) is 3. The third-order valence-corrected chi connectivity index (χ3v) is 3.02. The van der Waals surface area contributed by atoms with Gasteiger partial charge in [0.05, 0.1) is 0 Å². The summed E-state index contributed by atoms with van der Waals surface area (Å²) in [6.07, 6.45) is 2.26. The first kappa shape index (κ1) is 17.9. The number of halogens is 1. The van der Waals surface area contributed by atoms with E-state index in [0.717, 1.165) is 49.3 Å². The molecule has 0 heterocycles. The van der Waals surface area contributed by atoms with Crippen molar-refractivity contribution >= 4 is 23.9 Å². The second-order valence-electron chi connectivity index (χ2n) is 4.75. The molecule has 0 aliphatic carbocycles. The molecular formula is C15H25ClN2O. The van der Waals surface area contributed by atoms with Crippen molar-refractivity contribution < 1.29 is 4.79 Å². The molecule has 0 bridgehead atoms. The molecule has 0 aliphatic heterocycles. The average molecular weight is 285 g/mol. The van der Waals surface area contributed by atoms with Gasteiger partial charge in [-0.1, -0.05) is 13.8 Å². The van der Waals surface area contributed by atoms with Crippen molar-refractivity contribution in [2.75, 3.05) is 18.8 Å². The van der Waals surface area contributed by atoms with Gasteiger partial charge in [0.15, 0.2) is 5.78 Å². The predicted octanol–water partition coefficient (Wildman–Crippen LogP) is 3.52. The number of hydrogen-bond donors (Lipinski definition) is 1. The highest BCUT2D eigenvalue weighted by Crippen LogP contribution is 2.17. The van der Waals surface area contributed by atoms with Crippen molar-refractivity contribution in [2.24, 2.45) is 0 Å². The van der Waals surface area contributed by atoms with E-state index >= 15 is 0 Å². The quantitative estimate of drug-likeness (QED) is 0.616. The number of rotatable bonds is 7. The Hall–Kier alpha value is -1.06. The van der Waals surface area contributed by atoms with E-state index in [0.29, 0.717) is 0 Å². The van der Waals surface area contributed by atoms with Crippen LogP contribution in [0.25, 0.3) is 0 Å². The lowest BCUT2D eigenvalue weighted by atomic mass is 10.1. The average Bonchev–Trinajstić information content (AvgIpc) is 2.32. The summed E-state index contributed by atoms with van der Waals surface area (Å²) in [5, 5.41) is 0. The van der Waals surface area contributed by atoms with Crippen LogP contribution in [0.2, 0.25) is 0 Å². The van der Waals surface area contributed by atoms with Gasteiger partial charge in [-0.05, 0) is 56.6 Å². The molecule has 0 spiro atoms. The van der Waals surface area contributed by atoms with Gasteiger partial charge in [0.1, 0.15) is 0 Å². The molecule has 0 radical (unpaired) electrons. The first-order valence-electron chi connectivity index (χ1n) is 6.70. The molecule has 0 aromatic heterocycles. The highest BCUT2D eigenvalue weighted by Gasteiger charge is 2.09. The number of nitrogens with two attached hydrogens (primary N) is 1. The van der Waals surface area contributed by atoms with Crippen LogP contribution in [0.1, 0.15) is 49.5 Å². The van der Waals surface area contributed by atoms with Crippen molar-refractivity contribution in [2.45, 2.75) is 40.2 Å². The number of benzene rings is 1. The normalized spacial score (nSPS) is 10.3. The van der Waals surface area contributed by atoms with Crippen LogP contribution < -0.4 is 5.73 Å². The minimum Gasteiger partial charge on any atom is -0.398 e. The molecule has 19 heavy (non-hydrogen) atoms. The molecule has 0 saturated carbocycles. The standard InChI is InChI=1S/C15H24N2O.ClH/c1-4-8-17(9-5-2)11-14-10-13(12(3)18)6-7-15(14)16;/h6-7,10H,4-5,8-9,11,16H2,1-3H3;1H. The number of carbonyl (C=O) groups is 1. The van der Waals surface area contributed by atoms with E-state index in [4.69, 9.17) is 5.73 Å². The fraction of sp³-hybridized carbons (Fsp3) is 0.533. The maximum atomic E-state index is 11.4. The molecule has 0 saturated heterocycles. The van der Waals surface area contributed by atoms with E-state index in [-0.39, 0.29) is 18.2 Å². The lowest BCUT2D eigenvalue weighted by molar-refractivity contribution is 0.101. The molecule has 0 fully saturated rings. The molecule has 0 aliphatic rings. The van der Waals surface area contributed by atoms with Gasteiger partial charge >= 0.3 is 0 Å². The first-order chi connectivity index (χ1) is 8.58. The van der Waals surface area contributed by atoms with Crippen LogP contribution >= 0.6 is 12.4 Å². The monoisotopic (exact) mass is 284 g/mol. The van der Waals surface area contributed by atoms with Crippen LogP contribution in [-0.4, -0.2) is 23.8 Å². The summed E-state index contributed by atoms with van der Waals surface area (Å²) >= 11 is 0. The van der Waals surface area contributed by atoms with Crippen molar-refractivity contribution in [3.63, 3.8) is 0 Å². The zero-order chi connectivity index (χ0) is 13.5. The Morgan fingerprint density at radius 2 is 1.79 bits per heavy atom. The fourth-order valence-corrected chi connectivity index (χ4v) is 2.10. The zero-order valence-corrected chi connectivity index (χ0v) is 12.9. The van der Waals surface area contributed by atoms with Crippen molar-refractivity contribution in [3.8, 4) is 0 Å². The minimum atomic E-state index is 0. The number of carbonyl (C=O) groups excluding carboxylic acids is 1. The highest BCUT2D eigenvalue weighted by atomic mass is 35.5. The topological polar surface area (TPSA) is 46.3 Å². The van der Waals surface area contributed by atoms with Crippen molar-refractivity contribution in [1.29, 1.82) is 0 Å². The van der Waals surface area contributed by atoms with Gasteiger partial charge in [0.25, 0.3) is 0 Å². The molecule has 0 amide bonds. The Bertz CT molecular complexity index is 401. The Balaban J connectivity index is 0.00000324. The van der Waals surface area contributed by atoms with Crippen LogP contribution in [0, 0.1) is 0 Å². The number of nitrogen functional groups attached to an aromatic ring is 1. The van der Waals surface area contributed by atoms with Crippen LogP contribution in [0.3, 0.4) is 0 Å². The number of anilines is 1. The fourth-order valence-electron chi connectivity index (χ4n) is 2.10. The molecule has 0 unspecified atom stereocenters. The third-order valence-electron chi connectivity index (χ3n) is 3.02. The first-order valence-corrected chi connectivity index (χ1v) is 6.70. The van der Waals surface area contributed by atoms with Crippen LogP contribution in [0.15, 0.2) is 18.2 Å². The van der Waals surface area contributed by atoms with Gasteiger partial charge in [-0.3, -0.25) is 9.69 Å². The van der Waals surface area contributed by atoms with E-state index in [1.165, 1.54) is 0 Å². The van der Waals surface area contributed by atoms with Gasteiger partial charge in [-0.15, -0.1) is 12.4 Å². The highest BCUT2D eigenvalue weighted by molar-refractivity contribution is 5.94. The second-order valence-corrected chi connectivity index (χ2v) is 4.75.